The van der Waals surface area contributed by atoms with Crippen molar-refractivity contribution in [2.75, 3.05) is 47.5 Å². The maximum Gasteiger partial charge on any atom is 0.118 e. The van der Waals surface area contributed by atoms with Crippen LogP contribution in [0, 0.1) is 0 Å². The highest BCUT2D eigenvalue weighted by atomic mass is 16.5. The van der Waals surface area contributed by atoms with E-state index in [4.69, 9.17) is 14.2 Å². The minimum absolute atomic E-state index is 0.874. The van der Waals surface area contributed by atoms with Gasteiger partial charge in [-0.3, -0.25) is 0 Å². The number of benzene rings is 3. The van der Waals surface area contributed by atoms with Crippen LogP contribution in [0.2, 0.25) is 6.32 Å². The van der Waals surface area contributed by atoms with Crippen LogP contribution in [-0.4, -0.2) is 58.1 Å². The third-order valence-electron chi connectivity index (χ3n) is 8.73. The fourth-order valence-corrected chi connectivity index (χ4v) is 5.73. The summed E-state index contributed by atoms with van der Waals surface area (Å²) in [5, 5.41) is 0. The molecule has 3 aromatic rings. The van der Waals surface area contributed by atoms with E-state index in [9.17, 15) is 0 Å². The molecule has 5 heteroatoms. The largest absolute Gasteiger partial charge is 0.497 e. The van der Waals surface area contributed by atoms with Crippen LogP contribution in [0.1, 0.15) is 47.5 Å². The lowest BCUT2D eigenvalue weighted by molar-refractivity contribution is -0.921. The van der Waals surface area contributed by atoms with Crippen molar-refractivity contribution >= 4 is 22.5 Å². The van der Waals surface area contributed by atoms with E-state index < -0.39 is 6.15 Å². The first-order valence-corrected chi connectivity index (χ1v) is 14.4. The molecule has 0 aliphatic heterocycles. The van der Waals surface area contributed by atoms with Crippen molar-refractivity contribution in [3.63, 3.8) is 0 Å². The first-order chi connectivity index (χ1) is 18.4. The molecule has 0 spiro atoms. The van der Waals surface area contributed by atoms with Crippen LogP contribution >= 0.6 is 0 Å². The molecule has 38 heavy (non-hydrogen) atoms. The van der Waals surface area contributed by atoms with E-state index in [0.29, 0.717) is 0 Å². The van der Waals surface area contributed by atoms with E-state index in [1.165, 1.54) is 47.1 Å². The van der Waals surface area contributed by atoms with Gasteiger partial charge in [0, 0.05) is 0 Å². The molecular weight excluding hydrogens is 469 g/mol. The molecule has 0 N–H and O–H groups in total. The minimum atomic E-state index is -1.14. The van der Waals surface area contributed by atoms with Crippen molar-refractivity contribution in [3.8, 4) is 17.2 Å². The molecule has 0 aromatic heterocycles. The quantitative estimate of drug-likeness (QED) is 0.209. The van der Waals surface area contributed by atoms with Crippen LogP contribution in [-0.2, 0) is 0 Å². The SMILES string of the molecule is CCCC[B-](c1ccc(OC)cc1)(c1ccc(OC)cc1)c1ccc(OC)cc1.CC[N+](CC)(CC)CC. The molecule has 0 unspecified atom stereocenters. The maximum absolute atomic E-state index is 5.41. The van der Waals surface area contributed by atoms with Crippen LogP contribution in [0.25, 0.3) is 0 Å². The molecule has 0 bridgehead atoms. The summed E-state index contributed by atoms with van der Waals surface area (Å²) in [7, 11) is 5.12. The van der Waals surface area contributed by atoms with Crippen molar-refractivity contribution < 1.29 is 18.7 Å². The summed E-state index contributed by atoms with van der Waals surface area (Å²) in [4.78, 5) is 0. The Morgan fingerprint density at radius 3 is 0.974 bits per heavy atom. The Morgan fingerprint density at radius 2 is 0.789 bits per heavy atom. The van der Waals surface area contributed by atoms with E-state index in [1.54, 1.807) is 21.3 Å². The van der Waals surface area contributed by atoms with Crippen molar-refractivity contribution in [2.24, 2.45) is 0 Å². The molecule has 0 atom stereocenters. The van der Waals surface area contributed by atoms with Crippen LogP contribution in [0.4, 0.5) is 0 Å². The molecule has 0 aliphatic rings. The van der Waals surface area contributed by atoms with Gasteiger partial charge in [0.25, 0.3) is 0 Å². The maximum atomic E-state index is 5.41. The highest BCUT2D eigenvalue weighted by Crippen LogP contribution is 2.21. The number of nitrogens with zero attached hydrogens (tertiary/aromatic N) is 1. The smallest absolute Gasteiger partial charge is 0.118 e. The van der Waals surface area contributed by atoms with Gasteiger partial charge in [-0.25, -0.2) is 0 Å². The second-order valence-electron chi connectivity index (χ2n) is 10.1. The van der Waals surface area contributed by atoms with E-state index in [2.05, 4.69) is 107 Å². The lowest BCUT2D eigenvalue weighted by atomic mass is 9.14. The standard InChI is InChI=1S/C25H30BO3.C8H20N/c1-5-6-19-26(20-7-13-23(27-2)14-8-20,21-9-15-24(28-3)16-10-21)22-11-17-25(29-4)18-12-22;1-5-9(6-2,7-3)8-4/h7-18H,5-6,19H2,1-4H3;5-8H2,1-4H3/q-1;+1. The zero-order valence-corrected chi connectivity index (χ0v) is 25.1. The van der Waals surface area contributed by atoms with Gasteiger partial charge in [-0.2, -0.15) is 22.7 Å². The van der Waals surface area contributed by atoms with E-state index in [0.717, 1.165) is 36.4 Å². The predicted molar refractivity (Wildman–Crippen MR) is 166 cm³/mol. The second-order valence-corrected chi connectivity index (χ2v) is 10.1. The molecule has 0 saturated carbocycles. The average molecular weight is 520 g/mol. The predicted octanol–water partition coefficient (Wildman–Crippen LogP) is 5.87. The third kappa shape index (κ3) is 7.35. The number of methoxy groups -OCH3 is 3. The van der Waals surface area contributed by atoms with Gasteiger partial charge in [-0.1, -0.05) is 56.2 Å². The number of hydrogen-bond donors (Lipinski definition) is 0. The summed E-state index contributed by atoms with van der Waals surface area (Å²) < 4.78 is 17.5. The number of ether oxygens (including phenoxy) is 3. The van der Waals surface area contributed by atoms with Crippen LogP contribution < -0.4 is 30.6 Å². The lowest BCUT2D eigenvalue weighted by Crippen LogP contribution is -2.66. The van der Waals surface area contributed by atoms with Crippen molar-refractivity contribution in [3.05, 3.63) is 72.8 Å². The first kappa shape index (κ1) is 31.3. The Bertz CT molecular complexity index is 912. The van der Waals surface area contributed by atoms with Gasteiger partial charge in [-0.05, 0) is 64.1 Å². The Labute approximate surface area is 232 Å². The number of unbranched alkanes of at least 4 members (excludes halogenated alkanes) is 1. The van der Waals surface area contributed by atoms with Gasteiger partial charge in [0.05, 0.1) is 53.7 Å². The highest BCUT2D eigenvalue weighted by molar-refractivity contribution is 7.11. The molecule has 208 valence electrons. The number of hydrogen-bond acceptors (Lipinski definition) is 3. The molecule has 0 fully saturated rings. The van der Waals surface area contributed by atoms with Gasteiger partial charge < -0.3 is 18.7 Å². The number of rotatable bonds is 13. The molecule has 4 nitrogen and oxygen atoms in total. The molecule has 0 heterocycles. The fraction of sp³-hybridized carbons (Fsp3) is 0.455. The molecule has 3 rings (SSSR count). The highest BCUT2D eigenvalue weighted by Gasteiger charge is 2.29. The fourth-order valence-electron chi connectivity index (χ4n) is 5.73. The lowest BCUT2D eigenvalue weighted by Gasteiger charge is -2.43. The molecule has 0 aliphatic carbocycles. The summed E-state index contributed by atoms with van der Waals surface area (Å²) in [6.07, 6.45) is 2.22. The van der Waals surface area contributed by atoms with Crippen LogP contribution in [0.15, 0.2) is 72.8 Å². The average Bonchev–Trinajstić information content (AvgIpc) is 3.00. The van der Waals surface area contributed by atoms with Gasteiger partial charge in [0.2, 0.25) is 0 Å². The Morgan fingerprint density at radius 1 is 0.500 bits per heavy atom. The Kier molecular flexibility index (Phi) is 12.8. The summed E-state index contributed by atoms with van der Waals surface area (Å²) in [5.41, 5.74) is 3.94. The molecule has 0 radical (unpaired) electrons. The zero-order chi connectivity index (χ0) is 28.0. The van der Waals surface area contributed by atoms with Crippen molar-refractivity contribution in [1.82, 2.24) is 0 Å². The van der Waals surface area contributed by atoms with E-state index >= 15 is 0 Å². The molecule has 3 aromatic carbocycles. The summed E-state index contributed by atoms with van der Waals surface area (Å²) in [6.45, 7) is 16.5. The van der Waals surface area contributed by atoms with E-state index in [-0.39, 0.29) is 0 Å². The van der Waals surface area contributed by atoms with Crippen LogP contribution in [0.5, 0.6) is 17.2 Å². The molecule has 0 saturated heterocycles. The van der Waals surface area contributed by atoms with E-state index in [1.807, 2.05) is 0 Å². The second kappa shape index (κ2) is 15.5. The molecular formula is C33H50BNO3. The van der Waals surface area contributed by atoms with Crippen LogP contribution in [0.3, 0.4) is 0 Å². The zero-order valence-electron chi connectivity index (χ0n) is 25.1. The van der Waals surface area contributed by atoms with Gasteiger partial charge in [0.1, 0.15) is 17.2 Å². The minimum Gasteiger partial charge on any atom is -0.497 e. The third-order valence-corrected chi connectivity index (χ3v) is 8.73. The first-order valence-electron chi connectivity index (χ1n) is 14.4. The topological polar surface area (TPSA) is 27.7 Å². The normalized spacial score (nSPS) is 11.4. The van der Waals surface area contributed by atoms with Crippen molar-refractivity contribution in [2.45, 2.75) is 53.8 Å². The summed E-state index contributed by atoms with van der Waals surface area (Å²) in [6, 6.07) is 25.6. The Hall–Kier alpha value is -2.92. The van der Waals surface area contributed by atoms with Gasteiger partial charge in [0.15, 0.2) is 0 Å². The molecule has 0 amide bonds. The summed E-state index contributed by atoms with van der Waals surface area (Å²) >= 11 is 0. The van der Waals surface area contributed by atoms with Crippen molar-refractivity contribution in [1.29, 1.82) is 0 Å². The monoisotopic (exact) mass is 519 g/mol. The summed E-state index contributed by atoms with van der Waals surface area (Å²) in [5.74, 6) is 2.62. The van der Waals surface area contributed by atoms with Gasteiger partial charge >= 0.3 is 0 Å². The Balaban J connectivity index is 0.000000484. The van der Waals surface area contributed by atoms with Gasteiger partial charge in [-0.15, -0.1) is 0 Å². The number of quaternary nitrogens is 1.